The van der Waals surface area contributed by atoms with E-state index in [4.69, 9.17) is 0 Å². The first-order chi connectivity index (χ1) is 8.41. The number of hydrogen-bond donors (Lipinski definition) is 1. The van der Waals surface area contributed by atoms with E-state index in [0.29, 0.717) is 10.6 Å². The first-order valence-corrected chi connectivity index (χ1v) is 7.60. The second-order valence-electron chi connectivity index (χ2n) is 4.88. The zero-order valence-electron chi connectivity index (χ0n) is 10.5. The molecule has 1 aliphatic carbocycles. The van der Waals surface area contributed by atoms with Crippen LogP contribution in [0, 0.1) is 5.92 Å². The molecule has 0 saturated heterocycles. The summed E-state index contributed by atoms with van der Waals surface area (Å²) in [7, 11) is -3.24. The highest BCUT2D eigenvalue weighted by molar-refractivity contribution is 7.92. The van der Waals surface area contributed by atoms with Gasteiger partial charge in [-0.05, 0) is 51.0 Å². The molecule has 98 valence electrons. The third-order valence-electron chi connectivity index (χ3n) is 3.02. The van der Waals surface area contributed by atoms with Gasteiger partial charge in [-0.25, -0.2) is 8.42 Å². The fourth-order valence-corrected chi connectivity index (χ4v) is 2.65. The average molecular weight is 267 g/mol. The molecular formula is C13H17NO3S. The predicted molar refractivity (Wildman–Crippen MR) is 70.1 cm³/mol. The van der Waals surface area contributed by atoms with E-state index >= 15 is 0 Å². The minimum absolute atomic E-state index is 0.0227. The van der Waals surface area contributed by atoms with Gasteiger partial charge in [0.2, 0.25) is 5.91 Å². The molecule has 2 rings (SSSR count). The smallest absolute Gasteiger partial charge is 0.227 e. The number of amides is 1. The Balaban J connectivity index is 2.12. The SMILES string of the molecule is CC(C)S(=O)(=O)c1ccc(NC(=O)C2CC2)cc1. The Morgan fingerprint density at radius 1 is 1.22 bits per heavy atom. The van der Waals surface area contributed by atoms with Crippen LogP contribution in [0.3, 0.4) is 0 Å². The van der Waals surface area contributed by atoms with Gasteiger partial charge in [0.05, 0.1) is 10.1 Å². The van der Waals surface area contributed by atoms with Crippen molar-refractivity contribution in [1.29, 1.82) is 0 Å². The number of anilines is 1. The van der Waals surface area contributed by atoms with Gasteiger partial charge >= 0.3 is 0 Å². The maximum absolute atomic E-state index is 11.9. The summed E-state index contributed by atoms with van der Waals surface area (Å²) in [6.45, 7) is 3.30. The molecule has 0 heterocycles. The summed E-state index contributed by atoms with van der Waals surface area (Å²) in [4.78, 5) is 11.8. The lowest BCUT2D eigenvalue weighted by Crippen LogP contribution is -2.15. The maximum atomic E-state index is 11.9. The Bertz CT molecular complexity index is 542. The molecule has 0 spiro atoms. The highest BCUT2D eigenvalue weighted by Gasteiger charge is 2.29. The second-order valence-corrected chi connectivity index (χ2v) is 7.39. The van der Waals surface area contributed by atoms with Crippen LogP contribution in [0.2, 0.25) is 0 Å². The van der Waals surface area contributed by atoms with Crippen molar-refractivity contribution in [3.8, 4) is 0 Å². The van der Waals surface area contributed by atoms with E-state index in [1.807, 2.05) is 0 Å². The molecule has 5 heteroatoms. The molecule has 1 aromatic rings. The summed E-state index contributed by atoms with van der Waals surface area (Å²) in [5, 5.41) is 2.34. The molecule has 18 heavy (non-hydrogen) atoms. The van der Waals surface area contributed by atoms with Crippen LogP contribution in [-0.2, 0) is 14.6 Å². The van der Waals surface area contributed by atoms with Crippen molar-refractivity contribution in [3.05, 3.63) is 24.3 Å². The summed E-state index contributed by atoms with van der Waals surface area (Å²) >= 11 is 0. The van der Waals surface area contributed by atoms with Crippen LogP contribution in [0.4, 0.5) is 5.69 Å². The molecule has 0 bridgehead atoms. The minimum atomic E-state index is -3.24. The van der Waals surface area contributed by atoms with E-state index < -0.39 is 15.1 Å². The minimum Gasteiger partial charge on any atom is -0.326 e. The van der Waals surface area contributed by atoms with Gasteiger partial charge in [0.15, 0.2) is 9.84 Å². The molecule has 1 amide bonds. The molecule has 1 aliphatic rings. The van der Waals surface area contributed by atoms with Gasteiger partial charge in [-0.2, -0.15) is 0 Å². The van der Waals surface area contributed by atoms with Gasteiger partial charge in [0, 0.05) is 11.6 Å². The Labute approximate surface area is 107 Å². The van der Waals surface area contributed by atoms with Crippen molar-refractivity contribution in [2.75, 3.05) is 5.32 Å². The van der Waals surface area contributed by atoms with Gasteiger partial charge in [-0.3, -0.25) is 4.79 Å². The normalized spacial score (nSPS) is 15.7. The molecular weight excluding hydrogens is 250 g/mol. The Morgan fingerprint density at radius 2 is 1.78 bits per heavy atom. The predicted octanol–water partition coefficient (Wildman–Crippen LogP) is 2.22. The lowest BCUT2D eigenvalue weighted by Gasteiger charge is -2.09. The van der Waals surface area contributed by atoms with Crippen molar-refractivity contribution in [2.45, 2.75) is 36.8 Å². The number of nitrogens with one attached hydrogen (secondary N) is 1. The molecule has 1 saturated carbocycles. The van der Waals surface area contributed by atoms with E-state index in [1.165, 1.54) is 12.1 Å². The quantitative estimate of drug-likeness (QED) is 0.909. The largest absolute Gasteiger partial charge is 0.326 e. The first kappa shape index (κ1) is 13.1. The van der Waals surface area contributed by atoms with Crippen LogP contribution in [0.25, 0.3) is 0 Å². The van der Waals surface area contributed by atoms with Gasteiger partial charge in [0.1, 0.15) is 0 Å². The number of carbonyl (C=O) groups excluding carboxylic acids is 1. The van der Waals surface area contributed by atoms with Crippen molar-refractivity contribution < 1.29 is 13.2 Å². The van der Waals surface area contributed by atoms with Crippen LogP contribution < -0.4 is 5.32 Å². The fourth-order valence-electron chi connectivity index (χ4n) is 1.59. The van der Waals surface area contributed by atoms with Crippen molar-refractivity contribution in [3.63, 3.8) is 0 Å². The monoisotopic (exact) mass is 267 g/mol. The van der Waals surface area contributed by atoms with E-state index in [0.717, 1.165) is 12.8 Å². The molecule has 0 unspecified atom stereocenters. The number of sulfone groups is 1. The van der Waals surface area contributed by atoms with E-state index in [9.17, 15) is 13.2 Å². The van der Waals surface area contributed by atoms with Gasteiger partial charge in [0.25, 0.3) is 0 Å². The molecule has 0 atom stereocenters. The summed E-state index contributed by atoms with van der Waals surface area (Å²) in [6.07, 6.45) is 1.90. The first-order valence-electron chi connectivity index (χ1n) is 6.06. The number of benzene rings is 1. The van der Waals surface area contributed by atoms with Gasteiger partial charge in [-0.15, -0.1) is 0 Å². The zero-order valence-corrected chi connectivity index (χ0v) is 11.3. The standard InChI is InChI=1S/C13H17NO3S/c1-9(2)18(16,17)12-7-5-11(6-8-12)14-13(15)10-3-4-10/h5-10H,3-4H2,1-2H3,(H,14,15). The lowest BCUT2D eigenvalue weighted by molar-refractivity contribution is -0.117. The van der Waals surface area contributed by atoms with Gasteiger partial charge in [-0.1, -0.05) is 0 Å². The van der Waals surface area contributed by atoms with Crippen molar-refractivity contribution >= 4 is 21.4 Å². The number of hydrogen-bond acceptors (Lipinski definition) is 3. The Kier molecular flexibility index (Phi) is 3.43. The van der Waals surface area contributed by atoms with Crippen LogP contribution >= 0.6 is 0 Å². The summed E-state index contributed by atoms with van der Waals surface area (Å²) in [5.41, 5.74) is 0.648. The zero-order chi connectivity index (χ0) is 13.3. The molecule has 1 fully saturated rings. The highest BCUT2D eigenvalue weighted by atomic mass is 32.2. The van der Waals surface area contributed by atoms with Crippen molar-refractivity contribution in [1.82, 2.24) is 0 Å². The van der Waals surface area contributed by atoms with Crippen LogP contribution in [0.1, 0.15) is 26.7 Å². The molecule has 1 N–H and O–H groups in total. The van der Waals surface area contributed by atoms with E-state index in [-0.39, 0.29) is 11.8 Å². The van der Waals surface area contributed by atoms with E-state index in [1.54, 1.807) is 26.0 Å². The van der Waals surface area contributed by atoms with Crippen LogP contribution in [-0.4, -0.2) is 19.6 Å². The molecule has 4 nitrogen and oxygen atoms in total. The number of rotatable bonds is 4. The van der Waals surface area contributed by atoms with E-state index in [2.05, 4.69) is 5.32 Å². The topological polar surface area (TPSA) is 63.2 Å². The van der Waals surface area contributed by atoms with Crippen LogP contribution in [0.5, 0.6) is 0 Å². The lowest BCUT2D eigenvalue weighted by atomic mass is 10.3. The Morgan fingerprint density at radius 3 is 2.22 bits per heavy atom. The highest BCUT2D eigenvalue weighted by Crippen LogP contribution is 2.30. The Hall–Kier alpha value is -1.36. The molecule has 0 aliphatic heterocycles. The summed E-state index contributed by atoms with van der Waals surface area (Å²) in [6, 6.07) is 6.35. The van der Waals surface area contributed by atoms with Crippen molar-refractivity contribution in [2.24, 2.45) is 5.92 Å². The van der Waals surface area contributed by atoms with Gasteiger partial charge < -0.3 is 5.32 Å². The van der Waals surface area contributed by atoms with Crippen LogP contribution in [0.15, 0.2) is 29.2 Å². The average Bonchev–Trinajstić information content (AvgIpc) is 3.13. The number of carbonyl (C=O) groups is 1. The molecule has 0 radical (unpaired) electrons. The third kappa shape index (κ3) is 2.72. The molecule has 1 aromatic carbocycles. The summed E-state index contributed by atoms with van der Waals surface area (Å²) < 4.78 is 23.8. The summed E-state index contributed by atoms with van der Waals surface area (Å²) in [5.74, 6) is 0.165. The maximum Gasteiger partial charge on any atom is 0.227 e. The molecule has 0 aromatic heterocycles. The third-order valence-corrected chi connectivity index (χ3v) is 5.19. The second kappa shape index (κ2) is 4.72. The fraction of sp³-hybridized carbons (Fsp3) is 0.462.